The molecule has 21 heavy (non-hydrogen) atoms. The van der Waals surface area contributed by atoms with Crippen molar-refractivity contribution in [2.45, 2.75) is 6.92 Å². The van der Waals surface area contributed by atoms with Gasteiger partial charge in [-0.3, -0.25) is 4.79 Å². The molecule has 3 aromatic rings. The molecule has 0 aliphatic rings. The molecule has 5 heteroatoms. The quantitative estimate of drug-likeness (QED) is 0.627. The highest BCUT2D eigenvalue weighted by Crippen LogP contribution is 2.24. The van der Waals surface area contributed by atoms with Crippen LogP contribution < -0.4 is 11.1 Å². The van der Waals surface area contributed by atoms with Crippen LogP contribution in [0, 0.1) is 6.92 Å². The molecule has 0 aliphatic carbocycles. The lowest BCUT2D eigenvalue weighted by molar-refractivity contribution is 0.102. The molecule has 1 aromatic heterocycles. The highest BCUT2D eigenvalue weighted by molar-refractivity contribution is 6.31. The van der Waals surface area contributed by atoms with E-state index in [1.165, 1.54) is 0 Å². The molecule has 1 heterocycles. The van der Waals surface area contributed by atoms with E-state index in [2.05, 4.69) is 10.3 Å². The first-order valence-electron chi connectivity index (χ1n) is 6.49. The van der Waals surface area contributed by atoms with E-state index >= 15 is 0 Å². The monoisotopic (exact) mass is 299 g/mol. The Bertz CT molecular complexity index is 839. The maximum atomic E-state index is 12.3. The molecule has 0 atom stereocenters. The minimum Gasteiger partial charge on any atom is -0.399 e. The fourth-order valence-electron chi connectivity index (χ4n) is 2.21. The summed E-state index contributed by atoms with van der Waals surface area (Å²) in [7, 11) is 0. The van der Waals surface area contributed by atoms with E-state index < -0.39 is 0 Å². The van der Waals surface area contributed by atoms with E-state index in [4.69, 9.17) is 17.3 Å². The summed E-state index contributed by atoms with van der Waals surface area (Å²) in [6, 6.07) is 12.7. The number of hydrogen-bond acceptors (Lipinski definition) is 2. The van der Waals surface area contributed by atoms with Crippen LogP contribution in [-0.2, 0) is 0 Å². The van der Waals surface area contributed by atoms with Gasteiger partial charge in [0.2, 0.25) is 0 Å². The van der Waals surface area contributed by atoms with Crippen LogP contribution in [0.25, 0.3) is 10.9 Å². The fraction of sp³-hybridized carbons (Fsp3) is 0.0625. The zero-order chi connectivity index (χ0) is 15.0. The molecule has 0 fully saturated rings. The number of amides is 1. The van der Waals surface area contributed by atoms with Gasteiger partial charge < -0.3 is 16.0 Å². The number of nitrogens with two attached hydrogens (primary N) is 1. The average Bonchev–Trinajstić information content (AvgIpc) is 2.87. The molecular weight excluding hydrogens is 286 g/mol. The molecule has 106 valence electrons. The number of carbonyl (C=O) groups excluding carboxylic acids is 1. The number of nitrogens with one attached hydrogen (secondary N) is 2. The van der Waals surface area contributed by atoms with Crippen molar-refractivity contribution in [1.82, 2.24) is 4.98 Å². The van der Waals surface area contributed by atoms with Gasteiger partial charge in [0, 0.05) is 27.3 Å². The highest BCUT2D eigenvalue weighted by Gasteiger charge is 2.11. The summed E-state index contributed by atoms with van der Waals surface area (Å²) in [5, 5.41) is 4.38. The predicted molar refractivity (Wildman–Crippen MR) is 86.9 cm³/mol. The lowest BCUT2D eigenvalue weighted by Gasteiger charge is -2.08. The summed E-state index contributed by atoms with van der Waals surface area (Å²) in [4.78, 5) is 15.4. The average molecular weight is 300 g/mol. The van der Waals surface area contributed by atoms with Gasteiger partial charge in [-0.15, -0.1) is 0 Å². The number of carbonyl (C=O) groups is 1. The minimum absolute atomic E-state index is 0.213. The van der Waals surface area contributed by atoms with Gasteiger partial charge in [0.1, 0.15) is 5.69 Å². The van der Waals surface area contributed by atoms with Crippen molar-refractivity contribution in [3.8, 4) is 0 Å². The van der Waals surface area contributed by atoms with Gasteiger partial charge in [-0.2, -0.15) is 0 Å². The Hall–Kier alpha value is -2.46. The van der Waals surface area contributed by atoms with Crippen molar-refractivity contribution in [2.24, 2.45) is 0 Å². The summed E-state index contributed by atoms with van der Waals surface area (Å²) >= 11 is 6.05. The Labute approximate surface area is 126 Å². The first kappa shape index (κ1) is 13.5. The van der Waals surface area contributed by atoms with Gasteiger partial charge in [-0.25, -0.2) is 0 Å². The number of aromatic nitrogens is 1. The van der Waals surface area contributed by atoms with Crippen LogP contribution in [0.5, 0.6) is 0 Å². The van der Waals surface area contributed by atoms with Gasteiger partial charge in [-0.05, 0) is 48.9 Å². The third-order valence-electron chi connectivity index (χ3n) is 3.41. The Morgan fingerprint density at radius 1 is 1.24 bits per heavy atom. The first-order valence-corrected chi connectivity index (χ1v) is 6.87. The predicted octanol–water partition coefficient (Wildman–Crippen LogP) is 3.96. The van der Waals surface area contributed by atoms with Crippen LogP contribution in [-0.4, -0.2) is 10.9 Å². The molecule has 4 nitrogen and oxygen atoms in total. The van der Waals surface area contributed by atoms with Gasteiger partial charge in [0.15, 0.2) is 0 Å². The highest BCUT2D eigenvalue weighted by atomic mass is 35.5. The fourth-order valence-corrected chi connectivity index (χ4v) is 2.38. The second-order valence-corrected chi connectivity index (χ2v) is 5.30. The van der Waals surface area contributed by atoms with Crippen LogP contribution in [0.4, 0.5) is 11.4 Å². The number of H-pyrrole nitrogens is 1. The van der Waals surface area contributed by atoms with Crippen molar-refractivity contribution >= 4 is 39.8 Å². The number of hydrogen-bond donors (Lipinski definition) is 3. The normalized spacial score (nSPS) is 10.8. The zero-order valence-corrected chi connectivity index (χ0v) is 12.2. The van der Waals surface area contributed by atoms with Crippen molar-refractivity contribution < 1.29 is 4.79 Å². The maximum Gasteiger partial charge on any atom is 0.272 e. The standard InChI is InChI=1S/C16H14ClN3O/c1-9-12(17)3-2-4-13(9)20-16(21)15-8-10-7-11(18)5-6-14(10)19-15/h2-8,19H,18H2,1H3,(H,20,21). The smallest absolute Gasteiger partial charge is 0.272 e. The molecule has 4 N–H and O–H groups in total. The minimum atomic E-state index is -0.213. The molecule has 2 aromatic carbocycles. The van der Waals surface area contributed by atoms with E-state index in [-0.39, 0.29) is 5.91 Å². The summed E-state index contributed by atoms with van der Waals surface area (Å²) in [5.74, 6) is -0.213. The third kappa shape index (κ3) is 2.58. The van der Waals surface area contributed by atoms with E-state index in [1.54, 1.807) is 24.3 Å². The Balaban J connectivity index is 1.91. The molecule has 1 amide bonds. The molecule has 0 saturated carbocycles. The van der Waals surface area contributed by atoms with Crippen LogP contribution in [0.3, 0.4) is 0 Å². The molecule has 0 unspecified atom stereocenters. The van der Waals surface area contributed by atoms with Gasteiger partial charge in [0.25, 0.3) is 5.91 Å². The second-order valence-electron chi connectivity index (χ2n) is 4.90. The SMILES string of the molecule is Cc1c(Cl)cccc1NC(=O)c1cc2cc(N)ccc2[nH]1. The lowest BCUT2D eigenvalue weighted by Crippen LogP contribution is -2.13. The Kier molecular flexibility index (Phi) is 3.31. The van der Waals surface area contributed by atoms with Crippen LogP contribution >= 0.6 is 11.6 Å². The van der Waals surface area contributed by atoms with E-state index in [0.29, 0.717) is 22.1 Å². The molecular formula is C16H14ClN3O. The number of nitrogen functional groups attached to an aromatic ring is 1. The van der Waals surface area contributed by atoms with E-state index in [1.807, 2.05) is 25.1 Å². The molecule has 0 bridgehead atoms. The molecule has 3 rings (SSSR count). The van der Waals surface area contributed by atoms with Crippen LogP contribution in [0.1, 0.15) is 16.1 Å². The lowest BCUT2D eigenvalue weighted by atomic mass is 10.2. The van der Waals surface area contributed by atoms with Crippen molar-refractivity contribution in [3.05, 3.63) is 58.7 Å². The van der Waals surface area contributed by atoms with Crippen molar-refractivity contribution in [3.63, 3.8) is 0 Å². The molecule has 0 radical (unpaired) electrons. The molecule has 0 aliphatic heterocycles. The summed E-state index contributed by atoms with van der Waals surface area (Å²) in [5.41, 5.74) is 9.30. The number of halogens is 1. The Morgan fingerprint density at radius 3 is 2.86 bits per heavy atom. The van der Waals surface area contributed by atoms with Gasteiger partial charge >= 0.3 is 0 Å². The summed E-state index contributed by atoms with van der Waals surface area (Å²) in [6.07, 6.45) is 0. The topological polar surface area (TPSA) is 70.9 Å². The van der Waals surface area contributed by atoms with Gasteiger partial charge in [0.05, 0.1) is 0 Å². The van der Waals surface area contributed by atoms with Crippen LogP contribution in [0.2, 0.25) is 5.02 Å². The second kappa shape index (κ2) is 5.14. The van der Waals surface area contributed by atoms with E-state index in [0.717, 1.165) is 16.5 Å². The van der Waals surface area contributed by atoms with Crippen LogP contribution in [0.15, 0.2) is 42.5 Å². The number of aromatic amines is 1. The molecule has 0 saturated heterocycles. The van der Waals surface area contributed by atoms with Crippen molar-refractivity contribution in [2.75, 3.05) is 11.1 Å². The Morgan fingerprint density at radius 2 is 2.05 bits per heavy atom. The number of rotatable bonds is 2. The van der Waals surface area contributed by atoms with E-state index in [9.17, 15) is 4.79 Å². The largest absolute Gasteiger partial charge is 0.399 e. The molecule has 0 spiro atoms. The van der Waals surface area contributed by atoms with Gasteiger partial charge in [-0.1, -0.05) is 17.7 Å². The zero-order valence-electron chi connectivity index (χ0n) is 11.4. The first-order chi connectivity index (χ1) is 10.0. The summed E-state index contributed by atoms with van der Waals surface area (Å²) in [6.45, 7) is 1.86. The third-order valence-corrected chi connectivity index (χ3v) is 3.81. The number of anilines is 2. The number of fused-ring (bicyclic) bond motifs is 1. The maximum absolute atomic E-state index is 12.3. The number of benzene rings is 2. The summed E-state index contributed by atoms with van der Waals surface area (Å²) < 4.78 is 0. The van der Waals surface area contributed by atoms with Crippen molar-refractivity contribution in [1.29, 1.82) is 0 Å².